The van der Waals surface area contributed by atoms with E-state index in [0.717, 1.165) is 24.5 Å². The monoisotopic (exact) mass is 277 g/mol. The Hall–Kier alpha value is -0.490. The van der Waals surface area contributed by atoms with Gasteiger partial charge in [-0.05, 0) is 18.0 Å². The minimum Gasteiger partial charge on any atom is -0.341 e. The van der Waals surface area contributed by atoms with Crippen molar-refractivity contribution in [3.63, 3.8) is 0 Å². The molecule has 0 aliphatic carbocycles. The Morgan fingerprint density at radius 1 is 1.79 bits per heavy atom. The highest BCUT2D eigenvalue weighted by Gasteiger charge is 2.13. The highest BCUT2D eigenvalue weighted by atomic mass is 79.9. The van der Waals surface area contributed by atoms with E-state index in [1.54, 1.807) is 11.9 Å². The second-order valence-electron chi connectivity index (χ2n) is 3.08. The van der Waals surface area contributed by atoms with Crippen molar-refractivity contribution < 1.29 is 4.79 Å². The average Bonchev–Trinajstić information content (AvgIpc) is 2.65. The normalized spacial score (nSPS) is 12.5. The standard InChI is InChI=1S/C8H12BrN3OS/c1-6(9)3-4-12(2)8(13)7-5-10-11-14-7/h5-6H,3-4H2,1-2H3. The van der Waals surface area contributed by atoms with E-state index >= 15 is 0 Å². The van der Waals surface area contributed by atoms with Gasteiger partial charge < -0.3 is 4.90 Å². The fourth-order valence-electron chi connectivity index (χ4n) is 0.923. The number of amides is 1. The first-order chi connectivity index (χ1) is 6.61. The third-order valence-corrected chi connectivity index (χ3v) is 2.89. The van der Waals surface area contributed by atoms with Gasteiger partial charge in [0, 0.05) is 18.4 Å². The number of nitrogens with zero attached hydrogens (tertiary/aromatic N) is 3. The van der Waals surface area contributed by atoms with Crippen LogP contribution in [0.25, 0.3) is 0 Å². The van der Waals surface area contributed by atoms with E-state index in [0.29, 0.717) is 9.70 Å². The molecular weight excluding hydrogens is 266 g/mol. The fraction of sp³-hybridized carbons (Fsp3) is 0.625. The van der Waals surface area contributed by atoms with Crippen molar-refractivity contribution in [2.75, 3.05) is 13.6 Å². The number of hydrogen-bond donors (Lipinski definition) is 0. The second kappa shape index (κ2) is 5.41. The van der Waals surface area contributed by atoms with Crippen molar-refractivity contribution in [2.45, 2.75) is 18.2 Å². The Kier molecular flexibility index (Phi) is 4.47. The quantitative estimate of drug-likeness (QED) is 0.789. The predicted octanol–water partition coefficient (Wildman–Crippen LogP) is 1.78. The molecule has 0 aliphatic rings. The summed E-state index contributed by atoms with van der Waals surface area (Å²) in [6, 6.07) is 0. The van der Waals surface area contributed by atoms with Crippen LogP contribution in [0.4, 0.5) is 0 Å². The van der Waals surface area contributed by atoms with Gasteiger partial charge in [-0.1, -0.05) is 27.3 Å². The van der Waals surface area contributed by atoms with E-state index in [2.05, 4.69) is 32.4 Å². The lowest BCUT2D eigenvalue weighted by molar-refractivity contribution is 0.0798. The molecule has 0 spiro atoms. The van der Waals surface area contributed by atoms with Crippen molar-refractivity contribution in [1.29, 1.82) is 0 Å². The van der Waals surface area contributed by atoms with Gasteiger partial charge in [0.1, 0.15) is 4.88 Å². The van der Waals surface area contributed by atoms with Crippen molar-refractivity contribution >= 4 is 33.4 Å². The Bertz CT molecular complexity index is 289. The molecule has 1 unspecified atom stereocenters. The maximum Gasteiger partial charge on any atom is 0.266 e. The third kappa shape index (κ3) is 3.34. The zero-order valence-corrected chi connectivity index (χ0v) is 10.5. The SMILES string of the molecule is CC(Br)CCN(C)C(=O)c1cnns1. The topological polar surface area (TPSA) is 46.1 Å². The van der Waals surface area contributed by atoms with E-state index in [4.69, 9.17) is 0 Å². The van der Waals surface area contributed by atoms with E-state index in [9.17, 15) is 4.79 Å². The van der Waals surface area contributed by atoms with Crippen LogP contribution in [-0.2, 0) is 0 Å². The molecule has 0 bridgehead atoms. The number of halogens is 1. The molecule has 1 amide bonds. The summed E-state index contributed by atoms with van der Waals surface area (Å²) in [5, 5.41) is 3.63. The zero-order valence-electron chi connectivity index (χ0n) is 8.11. The van der Waals surface area contributed by atoms with Gasteiger partial charge in [-0.25, -0.2) is 0 Å². The number of carbonyl (C=O) groups excluding carboxylic acids is 1. The minimum absolute atomic E-state index is 0.00634. The Balaban J connectivity index is 2.45. The lowest BCUT2D eigenvalue weighted by Crippen LogP contribution is -2.28. The molecule has 0 N–H and O–H groups in total. The number of rotatable bonds is 4. The van der Waals surface area contributed by atoms with Crippen LogP contribution < -0.4 is 0 Å². The van der Waals surface area contributed by atoms with Crippen molar-refractivity contribution in [3.05, 3.63) is 11.1 Å². The summed E-state index contributed by atoms with van der Waals surface area (Å²) < 4.78 is 3.66. The zero-order chi connectivity index (χ0) is 10.6. The van der Waals surface area contributed by atoms with Crippen LogP contribution in [-0.4, -0.2) is 38.8 Å². The van der Waals surface area contributed by atoms with Gasteiger partial charge in [-0.3, -0.25) is 4.79 Å². The average molecular weight is 278 g/mol. The molecule has 0 aliphatic heterocycles. The molecule has 1 heterocycles. The van der Waals surface area contributed by atoms with Crippen LogP contribution in [0.15, 0.2) is 6.20 Å². The summed E-state index contributed by atoms with van der Waals surface area (Å²) >= 11 is 4.57. The molecule has 1 rings (SSSR count). The van der Waals surface area contributed by atoms with Gasteiger partial charge in [-0.2, -0.15) is 0 Å². The van der Waals surface area contributed by atoms with Crippen LogP contribution >= 0.6 is 27.5 Å². The van der Waals surface area contributed by atoms with Crippen molar-refractivity contribution in [1.82, 2.24) is 14.5 Å². The fourth-order valence-corrected chi connectivity index (χ4v) is 1.64. The Morgan fingerprint density at radius 2 is 2.50 bits per heavy atom. The van der Waals surface area contributed by atoms with Crippen LogP contribution in [0.5, 0.6) is 0 Å². The number of carbonyl (C=O) groups is 1. The van der Waals surface area contributed by atoms with Gasteiger partial charge in [0.05, 0.1) is 6.20 Å². The molecule has 14 heavy (non-hydrogen) atoms. The highest BCUT2D eigenvalue weighted by Crippen LogP contribution is 2.08. The maximum atomic E-state index is 11.7. The Labute approximate surface area is 95.6 Å². The number of aromatic nitrogens is 2. The summed E-state index contributed by atoms with van der Waals surface area (Å²) in [6.45, 7) is 2.80. The smallest absolute Gasteiger partial charge is 0.266 e. The van der Waals surface area contributed by atoms with Crippen LogP contribution in [0.2, 0.25) is 0 Å². The van der Waals surface area contributed by atoms with E-state index in [1.807, 2.05) is 0 Å². The molecule has 0 fully saturated rings. The molecule has 78 valence electrons. The van der Waals surface area contributed by atoms with Crippen LogP contribution in [0, 0.1) is 0 Å². The lowest BCUT2D eigenvalue weighted by Gasteiger charge is -2.16. The maximum absolute atomic E-state index is 11.7. The van der Waals surface area contributed by atoms with Gasteiger partial charge in [0.25, 0.3) is 5.91 Å². The summed E-state index contributed by atoms with van der Waals surface area (Å²) in [4.78, 5) is 14.4. The molecule has 0 saturated carbocycles. The molecule has 1 aromatic heterocycles. The molecule has 1 aromatic rings. The Morgan fingerprint density at radius 3 is 3.00 bits per heavy atom. The molecule has 1 atom stereocenters. The van der Waals surface area contributed by atoms with E-state index < -0.39 is 0 Å². The summed E-state index contributed by atoms with van der Waals surface area (Å²) in [7, 11) is 1.79. The third-order valence-electron chi connectivity index (χ3n) is 1.78. The molecule has 4 nitrogen and oxygen atoms in total. The van der Waals surface area contributed by atoms with Gasteiger partial charge in [0.2, 0.25) is 0 Å². The minimum atomic E-state index is -0.00634. The summed E-state index contributed by atoms with van der Waals surface area (Å²) in [5.41, 5.74) is 0. The van der Waals surface area contributed by atoms with Crippen molar-refractivity contribution in [2.24, 2.45) is 0 Å². The van der Waals surface area contributed by atoms with Gasteiger partial charge in [-0.15, -0.1) is 5.10 Å². The molecular formula is C8H12BrN3OS. The summed E-state index contributed by atoms with van der Waals surface area (Å²) in [5.74, 6) is -0.00634. The second-order valence-corrected chi connectivity index (χ2v) is 5.43. The molecule has 0 radical (unpaired) electrons. The molecule has 6 heteroatoms. The highest BCUT2D eigenvalue weighted by molar-refractivity contribution is 9.09. The number of alkyl halides is 1. The molecule has 0 aromatic carbocycles. The molecule has 0 saturated heterocycles. The van der Waals surface area contributed by atoms with Gasteiger partial charge in [0.15, 0.2) is 0 Å². The largest absolute Gasteiger partial charge is 0.341 e. The first-order valence-electron chi connectivity index (χ1n) is 4.28. The predicted molar refractivity (Wildman–Crippen MR) is 59.9 cm³/mol. The van der Waals surface area contributed by atoms with Gasteiger partial charge >= 0.3 is 0 Å². The van der Waals surface area contributed by atoms with E-state index in [-0.39, 0.29) is 5.91 Å². The first-order valence-corrected chi connectivity index (χ1v) is 5.97. The van der Waals surface area contributed by atoms with E-state index in [1.165, 1.54) is 6.20 Å². The van der Waals surface area contributed by atoms with Crippen LogP contribution in [0.3, 0.4) is 0 Å². The summed E-state index contributed by atoms with van der Waals surface area (Å²) in [6.07, 6.45) is 2.44. The lowest BCUT2D eigenvalue weighted by atomic mass is 10.3. The van der Waals surface area contributed by atoms with Crippen molar-refractivity contribution in [3.8, 4) is 0 Å². The number of hydrogen-bond acceptors (Lipinski definition) is 4. The van der Waals surface area contributed by atoms with Crippen LogP contribution in [0.1, 0.15) is 23.0 Å². The first kappa shape index (κ1) is 11.6.